The van der Waals surface area contributed by atoms with Gasteiger partial charge in [0, 0.05) is 22.3 Å². The predicted molar refractivity (Wildman–Crippen MR) is 73.6 cm³/mol. The van der Waals surface area contributed by atoms with Gasteiger partial charge in [-0.3, -0.25) is 4.79 Å². The van der Waals surface area contributed by atoms with Crippen molar-refractivity contribution in [3.63, 3.8) is 0 Å². The van der Waals surface area contributed by atoms with E-state index in [1.54, 1.807) is 29.5 Å². The lowest BCUT2D eigenvalue weighted by molar-refractivity contribution is 0.0950. The Kier molecular flexibility index (Phi) is 3.62. The van der Waals surface area contributed by atoms with Crippen LogP contribution in [0.2, 0.25) is 0 Å². The number of nitrogens with two attached hydrogens (primary N) is 1. The minimum atomic E-state index is -0.0969. The van der Waals surface area contributed by atoms with Crippen LogP contribution < -0.4 is 11.1 Å². The molecule has 4 nitrogen and oxygen atoms in total. The van der Waals surface area contributed by atoms with Gasteiger partial charge in [-0.1, -0.05) is 0 Å². The SMILES string of the molecule is Cc1csc(CNC(=O)c2ccc(N)cc2C)n1. The third-order valence-corrected chi connectivity index (χ3v) is 3.53. The number of rotatable bonds is 3. The minimum absolute atomic E-state index is 0.0969. The van der Waals surface area contributed by atoms with Crippen molar-refractivity contribution in [3.05, 3.63) is 45.4 Å². The van der Waals surface area contributed by atoms with Crippen molar-refractivity contribution in [3.8, 4) is 0 Å². The van der Waals surface area contributed by atoms with Crippen LogP contribution in [0.1, 0.15) is 26.6 Å². The van der Waals surface area contributed by atoms with Gasteiger partial charge in [-0.25, -0.2) is 4.98 Å². The van der Waals surface area contributed by atoms with Gasteiger partial charge >= 0.3 is 0 Å². The molecule has 1 heterocycles. The van der Waals surface area contributed by atoms with E-state index in [0.717, 1.165) is 16.3 Å². The normalized spacial score (nSPS) is 10.3. The van der Waals surface area contributed by atoms with E-state index in [1.807, 2.05) is 19.2 Å². The number of nitrogen functional groups attached to an aromatic ring is 1. The summed E-state index contributed by atoms with van der Waals surface area (Å²) in [5, 5.41) is 5.74. The molecule has 3 N–H and O–H groups in total. The lowest BCUT2D eigenvalue weighted by Gasteiger charge is -2.07. The zero-order chi connectivity index (χ0) is 13.1. The minimum Gasteiger partial charge on any atom is -0.399 e. The van der Waals surface area contributed by atoms with Crippen molar-refractivity contribution in [2.24, 2.45) is 0 Å². The Morgan fingerprint density at radius 3 is 2.83 bits per heavy atom. The summed E-state index contributed by atoms with van der Waals surface area (Å²) in [6, 6.07) is 5.27. The highest BCUT2D eigenvalue weighted by atomic mass is 32.1. The van der Waals surface area contributed by atoms with Crippen LogP contribution in [-0.2, 0) is 6.54 Å². The highest BCUT2D eigenvalue weighted by molar-refractivity contribution is 7.09. The molecule has 0 saturated carbocycles. The highest BCUT2D eigenvalue weighted by Crippen LogP contribution is 2.13. The molecule has 0 aliphatic rings. The van der Waals surface area contributed by atoms with Gasteiger partial charge in [0.25, 0.3) is 5.91 Å². The van der Waals surface area contributed by atoms with Crippen LogP contribution in [0.25, 0.3) is 0 Å². The lowest BCUT2D eigenvalue weighted by atomic mass is 10.1. The van der Waals surface area contributed by atoms with Gasteiger partial charge in [0.1, 0.15) is 5.01 Å². The fraction of sp³-hybridized carbons (Fsp3) is 0.231. The van der Waals surface area contributed by atoms with E-state index in [2.05, 4.69) is 10.3 Å². The number of hydrogen-bond acceptors (Lipinski definition) is 4. The molecule has 94 valence electrons. The fourth-order valence-electron chi connectivity index (χ4n) is 1.68. The summed E-state index contributed by atoms with van der Waals surface area (Å²) in [5.74, 6) is -0.0969. The standard InChI is InChI=1S/C13H15N3OS/c1-8-5-10(14)3-4-11(8)13(17)15-6-12-16-9(2)7-18-12/h3-5,7H,6,14H2,1-2H3,(H,15,17). The molecule has 1 amide bonds. The number of thiazole rings is 1. The summed E-state index contributed by atoms with van der Waals surface area (Å²) in [4.78, 5) is 16.3. The molecule has 0 bridgehead atoms. The topological polar surface area (TPSA) is 68.0 Å². The maximum atomic E-state index is 12.0. The van der Waals surface area contributed by atoms with Gasteiger partial charge < -0.3 is 11.1 Å². The Morgan fingerprint density at radius 1 is 1.44 bits per heavy atom. The molecule has 0 radical (unpaired) electrons. The largest absolute Gasteiger partial charge is 0.399 e. The smallest absolute Gasteiger partial charge is 0.251 e. The molecule has 1 aromatic carbocycles. The molecule has 0 saturated heterocycles. The number of carbonyl (C=O) groups excluding carboxylic acids is 1. The Balaban J connectivity index is 2.03. The number of benzene rings is 1. The van der Waals surface area contributed by atoms with Gasteiger partial charge in [-0.2, -0.15) is 0 Å². The first-order chi connectivity index (χ1) is 8.56. The molecule has 0 aliphatic heterocycles. The summed E-state index contributed by atoms with van der Waals surface area (Å²) in [7, 11) is 0. The summed E-state index contributed by atoms with van der Waals surface area (Å²) in [6.45, 7) is 4.27. The first-order valence-electron chi connectivity index (χ1n) is 5.61. The van der Waals surface area contributed by atoms with Gasteiger partial charge in [-0.15, -0.1) is 11.3 Å². The summed E-state index contributed by atoms with van der Waals surface area (Å²) in [6.07, 6.45) is 0. The van der Waals surface area contributed by atoms with Crippen LogP contribution in [0.15, 0.2) is 23.6 Å². The second kappa shape index (κ2) is 5.18. The van der Waals surface area contributed by atoms with E-state index in [0.29, 0.717) is 17.8 Å². The number of amides is 1. The molecule has 0 unspecified atom stereocenters. The molecular weight excluding hydrogens is 246 g/mol. The van der Waals surface area contributed by atoms with E-state index in [-0.39, 0.29) is 5.91 Å². The zero-order valence-electron chi connectivity index (χ0n) is 10.4. The second-order valence-electron chi connectivity index (χ2n) is 4.14. The van der Waals surface area contributed by atoms with Crippen LogP contribution in [0, 0.1) is 13.8 Å². The number of nitrogens with one attached hydrogen (secondary N) is 1. The maximum Gasteiger partial charge on any atom is 0.251 e. The van der Waals surface area contributed by atoms with Crippen molar-refractivity contribution in [1.29, 1.82) is 0 Å². The van der Waals surface area contributed by atoms with Crippen LogP contribution in [0.3, 0.4) is 0 Å². The molecule has 0 aliphatic carbocycles. The molecule has 0 spiro atoms. The Morgan fingerprint density at radius 2 is 2.22 bits per heavy atom. The Hall–Kier alpha value is -1.88. The van der Waals surface area contributed by atoms with Gasteiger partial charge in [0.15, 0.2) is 0 Å². The van der Waals surface area contributed by atoms with E-state index < -0.39 is 0 Å². The van der Waals surface area contributed by atoms with Crippen LogP contribution in [0.4, 0.5) is 5.69 Å². The zero-order valence-corrected chi connectivity index (χ0v) is 11.2. The van der Waals surface area contributed by atoms with Gasteiger partial charge in [0.2, 0.25) is 0 Å². The Bertz CT molecular complexity index is 577. The third-order valence-electron chi connectivity index (χ3n) is 2.56. The quantitative estimate of drug-likeness (QED) is 0.833. The molecule has 2 rings (SSSR count). The molecule has 2 aromatic rings. The number of aromatic nitrogens is 1. The molecule has 5 heteroatoms. The molecular formula is C13H15N3OS. The number of aryl methyl sites for hydroxylation is 2. The number of hydrogen-bond donors (Lipinski definition) is 2. The summed E-state index contributed by atoms with van der Waals surface area (Å²) < 4.78 is 0. The summed E-state index contributed by atoms with van der Waals surface area (Å²) in [5.41, 5.74) is 8.83. The number of carbonyl (C=O) groups is 1. The van der Waals surface area contributed by atoms with Crippen molar-refractivity contribution >= 4 is 22.9 Å². The monoisotopic (exact) mass is 261 g/mol. The van der Waals surface area contributed by atoms with Crippen molar-refractivity contribution in [2.45, 2.75) is 20.4 Å². The average molecular weight is 261 g/mol. The maximum absolute atomic E-state index is 12.0. The number of anilines is 1. The van der Waals surface area contributed by atoms with E-state index in [1.165, 1.54) is 0 Å². The van der Waals surface area contributed by atoms with E-state index >= 15 is 0 Å². The first kappa shape index (κ1) is 12.6. The average Bonchev–Trinajstić information content (AvgIpc) is 2.72. The van der Waals surface area contributed by atoms with Crippen molar-refractivity contribution in [2.75, 3.05) is 5.73 Å². The fourth-order valence-corrected chi connectivity index (χ4v) is 2.39. The molecule has 1 aromatic heterocycles. The predicted octanol–water partition coefficient (Wildman–Crippen LogP) is 2.27. The van der Waals surface area contributed by atoms with Crippen LogP contribution >= 0.6 is 11.3 Å². The molecule has 18 heavy (non-hydrogen) atoms. The van der Waals surface area contributed by atoms with Gasteiger partial charge in [-0.05, 0) is 37.6 Å². The second-order valence-corrected chi connectivity index (χ2v) is 5.08. The van der Waals surface area contributed by atoms with Crippen molar-refractivity contribution < 1.29 is 4.79 Å². The third kappa shape index (κ3) is 2.87. The summed E-state index contributed by atoms with van der Waals surface area (Å²) >= 11 is 1.55. The molecule has 0 atom stereocenters. The van der Waals surface area contributed by atoms with Crippen molar-refractivity contribution in [1.82, 2.24) is 10.3 Å². The molecule has 0 fully saturated rings. The Labute approximate surface area is 110 Å². The van der Waals surface area contributed by atoms with E-state index in [9.17, 15) is 4.79 Å². The highest BCUT2D eigenvalue weighted by Gasteiger charge is 2.09. The van der Waals surface area contributed by atoms with Crippen LogP contribution in [-0.4, -0.2) is 10.9 Å². The number of nitrogens with zero attached hydrogens (tertiary/aromatic N) is 1. The lowest BCUT2D eigenvalue weighted by Crippen LogP contribution is -2.23. The first-order valence-corrected chi connectivity index (χ1v) is 6.49. The van der Waals surface area contributed by atoms with Crippen LogP contribution in [0.5, 0.6) is 0 Å². The van der Waals surface area contributed by atoms with E-state index in [4.69, 9.17) is 5.73 Å². The van der Waals surface area contributed by atoms with Gasteiger partial charge in [0.05, 0.1) is 6.54 Å².